The SMILES string of the molecule is C[C@]1(C(=O)O)CCN(C(=O)[C@H]2CC(=O)N(CC(F)(F)F)C2)C1. The second-order valence-electron chi connectivity index (χ2n) is 6.17. The van der Waals surface area contributed by atoms with Gasteiger partial charge in [0.25, 0.3) is 0 Å². The lowest BCUT2D eigenvalue weighted by molar-refractivity contribution is -0.157. The highest BCUT2D eigenvalue weighted by molar-refractivity contribution is 5.90. The smallest absolute Gasteiger partial charge is 0.406 e. The normalized spacial score (nSPS) is 29.3. The highest BCUT2D eigenvalue weighted by atomic mass is 19.4. The Morgan fingerprint density at radius 2 is 2.05 bits per heavy atom. The number of likely N-dealkylation sites (tertiary alicyclic amines) is 2. The summed E-state index contributed by atoms with van der Waals surface area (Å²) < 4.78 is 37.0. The Morgan fingerprint density at radius 3 is 2.55 bits per heavy atom. The molecule has 2 atom stereocenters. The van der Waals surface area contributed by atoms with Gasteiger partial charge in [-0.1, -0.05) is 0 Å². The van der Waals surface area contributed by atoms with E-state index in [1.165, 1.54) is 11.8 Å². The number of carboxylic acids is 1. The molecular formula is C13H17F3N2O4. The average Bonchev–Trinajstić information content (AvgIpc) is 2.93. The molecule has 2 aliphatic heterocycles. The Hall–Kier alpha value is -1.80. The second-order valence-corrected chi connectivity index (χ2v) is 6.17. The molecular weight excluding hydrogens is 305 g/mol. The first-order valence-corrected chi connectivity index (χ1v) is 6.88. The number of halogens is 3. The van der Waals surface area contributed by atoms with Gasteiger partial charge in [0, 0.05) is 26.1 Å². The van der Waals surface area contributed by atoms with Crippen molar-refractivity contribution in [2.45, 2.75) is 25.9 Å². The summed E-state index contributed by atoms with van der Waals surface area (Å²) in [6, 6.07) is 0. The summed E-state index contributed by atoms with van der Waals surface area (Å²) in [7, 11) is 0. The van der Waals surface area contributed by atoms with Crippen LogP contribution in [0.4, 0.5) is 13.2 Å². The van der Waals surface area contributed by atoms with E-state index in [2.05, 4.69) is 0 Å². The van der Waals surface area contributed by atoms with Gasteiger partial charge >= 0.3 is 12.1 Å². The molecule has 6 nitrogen and oxygen atoms in total. The second kappa shape index (κ2) is 5.44. The molecule has 0 unspecified atom stereocenters. The maximum atomic E-state index is 12.3. The highest BCUT2D eigenvalue weighted by Crippen LogP contribution is 2.32. The molecule has 0 aromatic rings. The number of amides is 2. The van der Waals surface area contributed by atoms with Crippen molar-refractivity contribution in [3.8, 4) is 0 Å². The molecule has 0 aromatic carbocycles. The van der Waals surface area contributed by atoms with Gasteiger partial charge in [0.2, 0.25) is 11.8 Å². The fourth-order valence-electron chi connectivity index (χ4n) is 2.89. The third-order valence-electron chi connectivity index (χ3n) is 4.24. The van der Waals surface area contributed by atoms with E-state index in [9.17, 15) is 27.6 Å². The predicted molar refractivity (Wildman–Crippen MR) is 67.7 cm³/mol. The van der Waals surface area contributed by atoms with Crippen LogP contribution >= 0.6 is 0 Å². The van der Waals surface area contributed by atoms with Gasteiger partial charge in [-0.05, 0) is 13.3 Å². The molecule has 2 saturated heterocycles. The number of hydrogen-bond acceptors (Lipinski definition) is 3. The zero-order valence-electron chi connectivity index (χ0n) is 12.0. The maximum Gasteiger partial charge on any atom is 0.406 e. The van der Waals surface area contributed by atoms with Crippen molar-refractivity contribution < 1.29 is 32.7 Å². The van der Waals surface area contributed by atoms with Crippen LogP contribution in [0, 0.1) is 11.3 Å². The number of alkyl halides is 3. The minimum atomic E-state index is -4.50. The molecule has 124 valence electrons. The third-order valence-corrected chi connectivity index (χ3v) is 4.24. The van der Waals surface area contributed by atoms with Crippen molar-refractivity contribution in [3.63, 3.8) is 0 Å². The number of carboxylic acid groups (broad SMARTS) is 1. The predicted octanol–water partition coefficient (Wildman–Crippen LogP) is 0.720. The molecule has 2 heterocycles. The van der Waals surface area contributed by atoms with E-state index in [1.54, 1.807) is 0 Å². The minimum absolute atomic E-state index is 0.0190. The highest BCUT2D eigenvalue weighted by Gasteiger charge is 2.46. The molecule has 2 rings (SSSR count). The number of carbonyl (C=O) groups excluding carboxylic acids is 2. The molecule has 0 saturated carbocycles. The fourth-order valence-corrected chi connectivity index (χ4v) is 2.89. The Labute approximate surface area is 124 Å². The van der Waals surface area contributed by atoms with Crippen molar-refractivity contribution >= 4 is 17.8 Å². The molecule has 9 heteroatoms. The summed E-state index contributed by atoms with van der Waals surface area (Å²) in [6.07, 6.45) is -4.46. The van der Waals surface area contributed by atoms with Crippen LogP contribution in [0.25, 0.3) is 0 Å². The summed E-state index contributed by atoms with van der Waals surface area (Å²) >= 11 is 0. The van der Waals surface area contributed by atoms with Gasteiger partial charge in [-0.3, -0.25) is 14.4 Å². The molecule has 1 N–H and O–H groups in total. The lowest BCUT2D eigenvalue weighted by atomic mass is 9.90. The molecule has 0 aromatic heterocycles. The Kier molecular flexibility index (Phi) is 4.09. The maximum absolute atomic E-state index is 12.3. The molecule has 0 spiro atoms. The summed E-state index contributed by atoms with van der Waals surface area (Å²) in [5.41, 5.74) is -1.04. The van der Waals surface area contributed by atoms with Gasteiger partial charge in [0.1, 0.15) is 6.54 Å². The van der Waals surface area contributed by atoms with Gasteiger partial charge in [-0.2, -0.15) is 13.2 Å². The van der Waals surface area contributed by atoms with E-state index in [1.807, 2.05) is 0 Å². The van der Waals surface area contributed by atoms with Crippen LogP contribution in [0.15, 0.2) is 0 Å². The largest absolute Gasteiger partial charge is 0.481 e. The van der Waals surface area contributed by atoms with Crippen molar-refractivity contribution in [2.75, 3.05) is 26.2 Å². The van der Waals surface area contributed by atoms with Crippen molar-refractivity contribution in [2.24, 2.45) is 11.3 Å². The van der Waals surface area contributed by atoms with E-state index in [0.29, 0.717) is 11.3 Å². The molecule has 2 amide bonds. The summed E-state index contributed by atoms with van der Waals surface area (Å²) in [6.45, 7) is 0.162. The molecule has 22 heavy (non-hydrogen) atoms. The first-order chi connectivity index (χ1) is 10.0. The Bertz CT molecular complexity index is 508. The number of aliphatic carboxylic acids is 1. The molecule has 0 aliphatic carbocycles. The van der Waals surface area contributed by atoms with Gasteiger partial charge in [-0.15, -0.1) is 0 Å². The van der Waals surface area contributed by atoms with Crippen molar-refractivity contribution in [1.29, 1.82) is 0 Å². The number of nitrogens with zero attached hydrogens (tertiary/aromatic N) is 2. The zero-order valence-corrected chi connectivity index (χ0v) is 12.0. The molecule has 0 bridgehead atoms. The standard InChI is InChI=1S/C13H17F3N2O4/c1-12(11(21)22)2-3-17(6-12)10(20)8-4-9(19)18(5-8)7-13(14,15)16/h8H,2-7H2,1H3,(H,21,22)/t8-,12-/m0/s1. The van der Waals surface area contributed by atoms with E-state index in [0.717, 1.165) is 0 Å². The topological polar surface area (TPSA) is 77.9 Å². The monoisotopic (exact) mass is 322 g/mol. The number of carbonyl (C=O) groups is 3. The van der Waals surface area contributed by atoms with E-state index >= 15 is 0 Å². The number of hydrogen-bond donors (Lipinski definition) is 1. The first kappa shape index (κ1) is 16.6. The molecule has 2 aliphatic rings. The molecule has 2 fully saturated rings. The zero-order chi connectivity index (χ0) is 16.7. The molecule has 0 radical (unpaired) electrons. The summed E-state index contributed by atoms with van der Waals surface area (Å²) in [4.78, 5) is 37.0. The van der Waals surface area contributed by atoms with Crippen LogP contribution < -0.4 is 0 Å². The van der Waals surface area contributed by atoms with Crippen LogP contribution in [-0.2, 0) is 14.4 Å². The Balaban J connectivity index is 1.98. The minimum Gasteiger partial charge on any atom is -0.481 e. The van der Waals surface area contributed by atoms with Crippen LogP contribution in [-0.4, -0.2) is 65.0 Å². The van der Waals surface area contributed by atoms with Crippen LogP contribution in [0.1, 0.15) is 19.8 Å². The fraction of sp³-hybridized carbons (Fsp3) is 0.769. The van der Waals surface area contributed by atoms with Crippen LogP contribution in [0.5, 0.6) is 0 Å². The van der Waals surface area contributed by atoms with Crippen LogP contribution in [0.2, 0.25) is 0 Å². The van der Waals surface area contributed by atoms with E-state index in [-0.39, 0.29) is 26.1 Å². The lowest BCUT2D eigenvalue weighted by Crippen LogP contribution is -2.40. The summed E-state index contributed by atoms with van der Waals surface area (Å²) in [5, 5.41) is 9.12. The van der Waals surface area contributed by atoms with E-state index in [4.69, 9.17) is 5.11 Å². The van der Waals surface area contributed by atoms with Crippen LogP contribution in [0.3, 0.4) is 0 Å². The van der Waals surface area contributed by atoms with Gasteiger partial charge in [0.15, 0.2) is 0 Å². The summed E-state index contributed by atoms with van der Waals surface area (Å²) in [5.74, 6) is -2.98. The van der Waals surface area contributed by atoms with Crippen molar-refractivity contribution in [1.82, 2.24) is 9.80 Å². The van der Waals surface area contributed by atoms with Gasteiger partial charge in [-0.25, -0.2) is 0 Å². The first-order valence-electron chi connectivity index (χ1n) is 6.88. The average molecular weight is 322 g/mol. The lowest BCUT2D eigenvalue weighted by Gasteiger charge is -2.23. The Morgan fingerprint density at radius 1 is 1.41 bits per heavy atom. The third kappa shape index (κ3) is 3.33. The van der Waals surface area contributed by atoms with Crippen molar-refractivity contribution in [3.05, 3.63) is 0 Å². The van der Waals surface area contributed by atoms with E-state index < -0.39 is 41.8 Å². The van der Waals surface area contributed by atoms with Gasteiger partial charge in [0.05, 0.1) is 11.3 Å². The quantitative estimate of drug-likeness (QED) is 0.830. The van der Waals surface area contributed by atoms with Gasteiger partial charge < -0.3 is 14.9 Å². The number of rotatable bonds is 3.